The molecule has 1 heterocycles. The average molecular weight is 478 g/mol. The van der Waals surface area contributed by atoms with Gasteiger partial charge in [-0.3, -0.25) is 14.5 Å². The Kier molecular flexibility index (Phi) is 8.54. The molecule has 1 fully saturated rings. The van der Waals surface area contributed by atoms with Gasteiger partial charge in [-0.1, -0.05) is 67.4 Å². The lowest BCUT2D eigenvalue weighted by Crippen LogP contribution is -2.52. The Morgan fingerprint density at radius 3 is 2.47 bits per heavy atom. The number of carbonyl (C=O) groups is 2. The molecule has 3 rings (SSSR count). The molecule has 2 unspecified atom stereocenters. The molecule has 2 aromatic rings. The molecule has 1 aliphatic heterocycles. The summed E-state index contributed by atoms with van der Waals surface area (Å²) in [5, 5.41) is 16.9. The summed E-state index contributed by atoms with van der Waals surface area (Å²) >= 11 is 11.9. The van der Waals surface area contributed by atoms with Crippen LogP contribution in [0, 0.1) is 5.92 Å². The molecule has 2 amide bonds. The molecule has 172 valence electrons. The normalized spacial score (nSPS) is 19.7. The SMILES string of the molecule is CC(C)C[C@H](NC(=O)c1ccc(Cl)c(Cl)c1)C(=O)NC1CN(Cc2ccccc2)CC1O. The van der Waals surface area contributed by atoms with E-state index in [1.807, 2.05) is 44.2 Å². The number of aliphatic hydroxyl groups excluding tert-OH is 1. The van der Waals surface area contributed by atoms with Gasteiger partial charge in [0.1, 0.15) is 6.04 Å². The molecule has 0 radical (unpaired) electrons. The van der Waals surface area contributed by atoms with Crippen LogP contribution < -0.4 is 10.6 Å². The molecule has 1 saturated heterocycles. The molecule has 0 bridgehead atoms. The number of hydrogen-bond acceptors (Lipinski definition) is 4. The summed E-state index contributed by atoms with van der Waals surface area (Å²) in [5.41, 5.74) is 1.48. The number of nitrogens with zero attached hydrogens (tertiary/aromatic N) is 1. The lowest BCUT2D eigenvalue weighted by atomic mass is 10.0. The van der Waals surface area contributed by atoms with E-state index in [-0.39, 0.29) is 16.8 Å². The lowest BCUT2D eigenvalue weighted by molar-refractivity contribution is -0.124. The van der Waals surface area contributed by atoms with Crippen molar-refractivity contribution >= 4 is 35.0 Å². The molecule has 0 aliphatic carbocycles. The summed E-state index contributed by atoms with van der Waals surface area (Å²) < 4.78 is 0. The van der Waals surface area contributed by atoms with Gasteiger partial charge in [-0.05, 0) is 36.1 Å². The van der Waals surface area contributed by atoms with E-state index in [2.05, 4.69) is 15.5 Å². The van der Waals surface area contributed by atoms with Crippen LogP contribution in [0.2, 0.25) is 10.0 Å². The maximum absolute atomic E-state index is 13.0. The first-order valence-electron chi connectivity index (χ1n) is 10.7. The number of nitrogens with one attached hydrogen (secondary N) is 2. The first kappa shape index (κ1) is 24.5. The van der Waals surface area contributed by atoms with E-state index in [1.54, 1.807) is 12.1 Å². The minimum absolute atomic E-state index is 0.183. The van der Waals surface area contributed by atoms with Crippen molar-refractivity contribution in [2.75, 3.05) is 13.1 Å². The Labute approximate surface area is 198 Å². The third kappa shape index (κ3) is 6.69. The highest BCUT2D eigenvalue weighted by molar-refractivity contribution is 6.42. The molecular weight excluding hydrogens is 449 g/mol. The molecule has 0 aromatic heterocycles. The molecule has 8 heteroatoms. The van der Waals surface area contributed by atoms with E-state index in [0.717, 1.165) is 5.56 Å². The second kappa shape index (κ2) is 11.1. The third-order valence-corrected chi connectivity index (χ3v) is 6.19. The number of rotatable bonds is 8. The van der Waals surface area contributed by atoms with Crippen molar-refractivity contribution in [1.29, 1.82) is 0 Å². The minimum Gasteiger partial charge on any atom is -0.390 e. The number of aliphatic hydroxyl groups is 1. The molecule has 32 heavy (non-hydrogen) atoms. The maximum Gasteiger partial charge on any atom is 0.251 e. The first-order valence-corrected chi connectivity index (χ1v) is 11.5. The van der Waals surface area contributed by atoms with Gasteiger partial charge in [0.15, 0.2) is 0 Å². The van der Waals surface area contributed by atoms with Gasteiger partial charge in [-0.15, -0.1) is 0 Å². The van der Waals surface area contributed by atoms with Crippen molar-refractivity contribution in [3.63, 3.8) is 0 Å². The second-order valence-corrected chi connectivity index (χ2v) is 9.46. The zero-order valence-corrected chi connectivity index (χ0v) is 19.7. The number of likely N-dealkylation sites (tertiary alicyclic amines) is 1. The van der Waals surface area contributed by atoms with Gasteiger partial charge in [0.05, 0.1) is 22.2 Å². The largest absolute Gasteiger partial charge is 0.390 e. The van der Waals surface area contributed by atoms with Crippen molar-refractivity contribution in [2.45, 2.75) is 45.0 Å². The fourth-order valence-electron chi connectivity index (χ4n) is 3.84. The zero-order valence-electron chi connectivity index (χ0n) is 18.2. The number of benzene rings is 2. The number of halogens is 2. The number of hydrogen-bond donors (Lipinski definition) is 3. The van der Waals surface area contributed by atoms with Crippen molar-refractivity contribution in [3.05, 3.63) is 69.7 Å². The van der Waals surface area contributed by atoms with Gasteiger partial charge < -0.3 is 15.7 Å². The summed E-state index contributed by atoms with van der Waals surface area (Å²) in [6.45, 7) is 5.68. The Morgan fingerprint density at radius 2 is 1.81 bits per heavy atom. The van der Waals surface area contributed by atoms with Crippen molar-refractivity contribution in [3.8, 4) is 0 Å². The average Bonchev–Trinajstić information content (AvgIpc) is 3.08. The van der Waals surface area contributed by atoms with Crippen molar-refractivity contribution < 1.29 is 14.7 Å². The molecule has 0 spiro atoms. The Balaban J connectivity index is 1.62. The van der Waals surface area contributed by atoms with Crippen LogP contribution in [0.3, 0.4) is 0 Å². The van der Waals surface area contributed by atoms with Gasteiger partial charge in [0.25, 0.3) is 5.91 Å². The van der Waals surface area contributed by atoms with Gasteiger partial charge in [0, 0.05) is 25.2 Å². The topological polar surface area (TPSA) is 81.7 Å². The minimum atomic E-state index is -0.729. The van der Waals surface area contributed by atoms with Gasteiger partial charge in [-0.2, -0.15) is 0 Å². The lowest BCUT2D eigenvalue weighted by Gasteiger charge is -2.24. The summed E-state index contributed by atoms with van der Waals surface area (Å²) in [4.78, 5) is 27.8. The fourth-order valence-corrected chi connectivity index (χ4v) is 4.14. The summed E-state index contributed by atoms with van der Waals surface area (Å²) in [6, 6.07) is 13.5. The first-order chi connectivity index (χ1) is 15.2. The molecular formula is C24H29Cl2N3O3. The van der Waals surface area contributed by atoms with Crippen LogP contribution in [0.15, 0.2) is 48.5 Å². The van der Waals surface area contributed by atoms with E-state index >= 15 is 0 Å². The molecule has 0 saturated carbocycles. The predicted octanol–water partition coefficient (Wildman–Crippen LogP) is 3.50. The number of amides is 2. The summed E-state index contributed by atoms with van der Waals surface area (Å²) in [6.07, 6.45) is -0.205. The van der Waals surface area contributed by atoms with Crippen LogP contribution in [0.1, 0.15) is 36.2 Å². The van der Waals surface area contributed by atoms with E-state index in [1.165, 1.54) is 6.07 Å². The van der Waals surface area contributed by atoms with E-state index in [4.69, 9.17) is 23.2 Å². The number of carbonyl (C=O) groups excluding carboxylic acids is 2. The molecule has 1 aliphatic rings. The number of β-amino-alcohol motifs (C(OH)–C–C–N with tert-alkyl or cyclic N) is 1. The Bertz CT molecular complexity index is 939. The summed E-state index contributed by atoms with van der Waals surface area (Å²) in [5.74, 6) is -0.525. The Hall–Kier alpha value is -2.12. The van der Waals surface area contributed by atoms with Crippen LogP contribution in [0.25, 0.3) is 0 Å². The molecule has 6 nitrogen and oxygen atoms in total. The highest BCUT2D eigenvalue weighted by atomic mass is 35.5. The van der Waals surface area contributed by atoms with Gasteiger partial charge >= 0.3 is 0 Å². The standard InChI is InChI=1S/C24H29Cl2N3O3/c1-15(2)10-20(27-23(31)17-8-9-18(25)19(26)11-17)24(32)28-21-13-29(14-22(21)30)12-16-6-4-3-5-7-16/h3-9,11,15,20-22,30H,10,12-14H2,1-2H3,(H,27,31)(H,28,32)/t20-,21?,22?/m0/s1. The highest BCUT2D eigenvalue weighted by Gasteiger charge is 2.34. The van der Waals surface area contributed by atoms with Crippen LogP contribution in [0.4, 0.5) is 0 Å². The van der Waals surface area contributed by atoms with E-state index in [9.17, 15) is 14.7 Å². The molecule has 3 N–H and O–H groups in total. The van der Waals surface area contributed by atoms with Crippen LogP contribution in [-0.2, 0) is 11.3 Å². The van der Waals surface area contributed by atoms with E-state index < -0.39 is 24.1 Å². The molecule has 2 aromatic carbocycles. The quantitative estimate of drug-likeness (QED) is 0.543. The fraction of sp³-hybridized carbons (Fsp3) is 0.417. The monoisotopic (exact) mass is 477 g/mol. The predicted molar refractivity (Wildman–Crippen MR) is 127 cm³/mol. The summed E-state index contributed by atoms with van der Waals surface area (Å²) in [7, 11) is 0. The van der Waals surface area contributed by atoms with Crippen LogP contribution in [-0.4, -0.2) is 53.1 Å². The smallest absolute Gasteiger partial charge is 0.251 e. The van der Waals surface area contributed by atoms with Gasteiger partial charge in [-0.25, -0.2) is 0 Å². The highest BCUT2D eigenvalue weighted by Crippen LogP contribution is 2.23. The molecule has 3 atom stereocenters. The maximum atomic E-state index is 13.0. The van der Waals surface area contributed by atoms with Crippen LogP contribution >= 0.6 is 23.2 Å². The van der Waals surface area contributed by atoms with Crippen LogP contribution in [0.5, 0.6) is 0 Å². The zero-order chi connectivity index (χ0) is 23.3. The third-order valence-electron chi connectivity index (χ3n) is 5.45. The van der Waals surface area contributed by atoms with Crippen molar-refractivity contribution in [2.24, 2.45) is 5.92 Å². The van der Waals surface area contributed by atoms with Crippen molar-refractivity contribution in [1.82, 2.24) is 15.5 Å². The van der Waals surface area contributed by atoms with Gasteiger partial charge in [0.2, 0.25) is 5.91 Å². The second-order valence-electron chi connectivity index (χ2n) is 8.65. The van der Waals surface area contributed by atoms with E-state index in [0.29, 0.717) is 36.6 Å². The Morgan fingerprint density at radius 1 is 1.09 bits per heavy atom.